The molecule has 0 aliphatic carbocycles. The molecule has 0 saturated carbocycles. The van der Waals surface area contributed by atoms with Gasteiger partial charge in [0.15, 0.2) is 6.61 Å². The highest BCUT2D eigenvalue weighted by atomic mass is 16.5. The lowest BCUT2D eigenvalue weighted by molar-refractivity contribution is -0.124. The van der Waals surface area contributed by atoms with Gasteiger partial charge in [-0.3, -0.25) is 9.59 Å². The first-order chi connectivity index (χ1) is 12.5. The van der Waals surface area contributed by atoms with Gasteiger partial charge in [0.25, 0.3) is 5.91 Å². The monoisotopic (exact) mass is 356 g/mol. The molecule has 0 aliphatic heterocycles. The van der Waals surface area contributed by atoms with E-state index in [9.17, 15) is 14.4 Å². The van der Waals surface area contributed by atoms with Crippen molar-refractivity contribution in [3.8, 4) is 0 Å². The minimum atomic E-state index is -0.650. The van der Waals surface area contributed by atoms with E-state index >= 15 is 0 Å². The maximum Gasteiger partial charge on any atom is 0.340 e. The Hall–Kier alpha value is -2.89. The molecular formula is C20H24N2O4. The van der Waals surface area contributed by atoms with Crippen molar-refractivity contribution in [2.45, 2.75) is 33.1 Å². The summed E-state index contributed by atoms with van der Waals surface area (Å²) in [6.07, 6.45) is 3.00. The highest BCUT2D eigenvalue weighted by Gasteiger charge is 2.16. The van der Waals surface area contributed by atoms with E-state index in [0.29, 0.717) is 12.2 Å². The van der Waals surface area contributed by atoms with Gasteiger partial charge in [-0.05, 0) is 29.3 Å². The lowest BCUT2D eigenvalue weighted by Crippen LogP contribution is -2.29. The number of nitrogens with one attached hydrogen (secondary N) is 2. The summed E-state index contributed by atoms with van der Waals surface area (Å²) in [5.41, 5.74) is 0.585. The van der Waals surface area contributed by atoms with E-state index in [1.807, 2.05) is 24.3 Å². The highest BCUT2D eigenvalue weighted by Crippen LogP contribution is 2.25. The Morgan fingerprint density at radius 3 is 2.38 bits per heavy atom. The number of carbonyl (C=O) groups is 3. The molecule has 0 aliphatic rings. The number of hydrogen-bond donors (Lipinski definition) is 2. The molecule has 0 unspecified atom stereocenters. The molecule has 0 radical (unpaired) electrons. The summed E-state index contributed by atoms with van der Waals surface area (Å²) < 4.78 is 5.12. The molecule has 0 heterocycles. The Bertz CT molecular complexity index is 801. The standard InChI is InChI=1S/C20H24N2O4/c1-3-4-7-10-21-19(24)13-26-20(25)17-11-15-8-5-6-9-16(15)12-18(17)22-14(2)23/h5-6,8-9,11-12H,3-4,7,10,13H2,1-2H3,(H,21,24)(H,22,23). The Morgan fingerprint density at radius 2 is 1.73 bits per heavy atom. The number of esters is 1. The van der Waals surface area contributed by atoms with Crippen molar-refractivity contribution in [2.75, 3.05) is 18.5 Å². The molecule has 0 fully saturated rings. The average Bonchev–Trinajstić information content (AvgIpc) is 2.62. The van der Waals surface area contributed by atoms with Crippen LogP contribution in [0.15, 0.2) is 36.4 Å². The summed E-state index contributed by atoms with van der Waals surface area (Å²) in [6, 6.07) is 10.9. The van der Waals surface area contributed by atoms with Crippen molar-refractivity contribution >= 4 is 34.2 Å². The van der Waals surface area contributed by atoms with Crippen molar-refractivity contribution < 1.29 is 19.1 Å². The molecule has 0 atom stereocenters. The lowest BCUT2D eigenvalue weighted by Gasteiger charge is -2.12. The minimum absolute atomic E-state index is 0.220. The molecule has 138 valence electrons. The number of carbonyl (C=O) groups excluding carboxylic acids is 3. The third-order valence-electron chi connectivity index (χ3n) is 3.85. The Kier molecular flexibility index (Phi) is 7.14. The highest BCUT2D eigenvalue weighted by molar-refractivity contribution is 6.05. The molecule has 2 amide bonds. The van der Waals surface area contributed by atoms with E-state index < -0.39 is 5.97 Å². The molecule has 26 heavy (non-hydrogen) atoms. The fourth-order valence-electron chi connectivity index (χ4n) is 2.56. The minimum Gasteiger partial charge on any atom is -0.452 e. The zero-order valence-corrected chi connectivity index (χ0v) is 15.1. The summed E-state index contributed by atoms with van der Waals surface area (Å²) in [7, 11) is 0. The summed E-state index contributed by atoms with van der Waals surface area (Å²) in [6.45, 7) is 3.67. The number of hydrogen-bond acceptors (Lipinski definition) is 4. The summed E-state index contributed by atoms with van der Waals surface area (Å²) >= 11 is 0. The largest absolute Gasteiger partial charge is 0.452 e. The fraction of sp³-hybridized carbons (Fsp3) is 0.350. The zero-order chi connectivity index (χ0) is 18.9. The SMILES string of the molecule is CCCCCNC(=O)COC(=O)c1cc2ccccc2cc1NC(C)=O. The van der Waals surface area contributed by atoms with Crippen LogP contribution in [0.3, 0.4) is 0 Å². The smallest absolute Gasteiger partial charge is 0.340 e. The van der Waals surface area contributed by atoms with Gasteiger partial charge < -0.3 is 15.4 Å². The van der Waals surface area contributed by atoms with Crippen LogP contribution >= 0.6 is 0 Å². The van der Waals surface area contributed by atoms with Gasteiger partial charge in [0.2, 0.25) is 5.91 Å². The van der Waals surface area contributed by atoms with E-state index in [0.717, 1.165) is 30.0 Å². The average molecular weight is 356 g/mol. The Labute approximate surface area is 152 Å². The molecule has 6 nitrogen and oxygen atoms in total. The molecule has 0 bridgehead atoms. The number of ether oxygens (including phenoxy) is 1. The first-order valence-electron chi connectivity index (χ1n) is 8.75. The summed E-state index contributed by atoms with van der Waals surface area (Å²) in [4.78, 5) is 35.6. The maximum absolute atomic E-state index is 12.4. The molecule has 0 spiro atoms. The second kappa shape index (κ2) is 9.56. The number of benzene rings is 2. The van der Waals surface area contributed by atoms with Crippen molar-refractivity contribution in [3.63, 3.8) is 0 Å². The zero-order valence-electron chi connectivity index (χ0n) is 15.1. The number of anilines is 1. The molecular weight excluding hydrogens is 332 g/mol. The number of amides is 2. The van der Waals surface area contributed by atoms with Crippen LogP contribution in [0.1, 0.15) is 43.5 Å². The van der Waals surface area contributed by atoms with Gasteiger partial charge in [-0.25, -0.2) is 4.79 Å². The predicted octanol–water partition coefficient (Wildman–Crippen LogP) is 3.26. The summed E-state index contributed by atoms with van der Waals surface area (Å²) in [5.74, 6) is -1.28. The van der Waals surface area contributed by atoms with E-state index in [4.69, 9.17) is 4.74 Å². The van der Waals surface area contributed by atoms with Crippen molar-refractivity contribution in [2.24, 2.45) is 0 Å². The van der Waals surface area contributed by atoms with Gasteiger partial charge in [-0.2, -0.15) is 0 Å². The number of unbranched alkanes of at least 4 members (excludes halogenated alkanes) is 2. The normalized spacial score (nSPS) is 10.4. The third-order valence-corrected chi connectivity index (χ3v) is 3.85. The lowest BCUT2D eigenvalue weighted by atomic mass is 10.0. The van der Waals surface area contributed by atoms with Gasteiger partial charge in [0.1, 0.15) is 0 Å². The Morgan fingerprint density at radius 1 is 1.04 bits per heavy atom. The van der Waals surface area contributed by atoms with Crippen LogP contribution in [-0.2, 0) is 14.3 Å². The van der Waals surface area contributed by atoms with E-state index in [1.165, 1.54) is 6.92 Å². The van der Waals surface area contributed by atoms with Crippen LogP contribution < -0.4 is 10.6 Å². The van der Waals surface area contributed by atoms with Gasteiger partial charge in [0.05, 0.1) is 11.3 Å². The maximum atomic E-state index is 12.4. The van der Waals surface area contributed by atoms with E-state index in [2.05, 4.69) is 17.6 Å². The molecule has 0 aromatic heterocycles. The van der Waals surface area contributed by atoms with Crippen LogP contribution in [0.4, 0.5) is 5.69 Å². The molecule has 0 saturated heterocycles. The second-order valence-electron chi connectivity index (χ2n) is 6.06. The Balaban J connectivity index is 2.07. The molecule has 2 N–H and O–H groups in total. The topological polar surface area (TPSA) is 84.5 Å². The van der Waals surface area contributed by atoms with Crippen LogP contribution in [-0.4, -0.2) is 30.9 Å². The van der Waals surface area contributed by atoms with Gasteiger partial charge in [-0.15, -0.1) is 0 Å². The van der Waals surface area contributed by atoms with Crippen LogP contribution in [0.25, 0.3) is 10.8 Å². The molecule has 2 aromatic rings. The third kappa shape index (κ3) is 5.58. The van der Waals surface area contributed by atoms with E-state index in [-0.39, 0.29) is 24.0 Å². The van der Waals surface area contributed by atoms with Gasteiger partial charge >= 0.3 is 5.97 Å². The second-order valence-corrected chi connectivity index (χ2v) is 6.06. The van der Waals surface area contributed by atoms with Crippen LogP contribution in [0.2, 0.25) is 0 Å². The van der Waals surface area contributed by atoms with Crippen molar-refractivity contribution in [1.29, 1.82) is 0 Å². The van der Waals surface area contributed by atoms with Gasteiger partial charge in [0, 0.05) is 13.5 Å². The first kappa shape index (κ1) is 19.4. The molecule has 6 heteroatoms. The van der Waals surface area contributed by atoms with Crippen LogP contribution in [0.5, 0.6) is 0 Å². The van der Waals surface area contributed by atoms with Crippen LogP contribution in [0, 0.1) is 0 Å². The predicted molar refractivity (Wildman–Crippen MR) is 101 cm³/mol. The van der Waals surface area contributed by atoms with E-state index in [1.54, 1.807) is 12.1 Å². The fourth-order valence-corrected chi connectivity index (χ4v) is 2.56. The van der Waals surface area contributed by atoms with Crippen molar-refractivity contribution in [3.05, 3.63) is 42.0 Å². The van der Waals surface area contributed by atoms with Crippen molar-refractivity contribution in [1.82, 2.24) is 5.32 Å². The van der Waals surface area contributed by atoms with Gasteiger partial charge in [-0.1, -0.05) is 44.0 Å². The molecule has 2 rings (SSSR count). The first-order valence-corrected chi connectivity index (χ1v) is 8.75. The summed E-state index contributed by atoms with van der Waals surface area (Å²) in [5, 5.41) is 7.09. The number of fused-ring (bicyclic) bond motifs is 1. The molecule has 2 aromatic carbocycles. The quantitative estimate of drug-likeness (QED) is 0.562. The number of rotatable bonds is 8.